The van der Waals surface area contributed by atoms with Crippen LogP contribution in [-0.2, 0) is 4.79 Å². The van der Waals surface area contributed by atoms with Gasteiger partial charge in [-0.2, -0.15) is 0 Å². The number of nitrogens with one attached hydrogen (secondary N) is 1. The highest BCUT2D eigenvalue weighted by molar-refractivity contribution is 5.78. The van der Waals surface area contributed by atoms with Gasteiger partial charge < -0.3 is 15.1 Å². The molecule has 2 saturated heterocycles. The van der Waals surface area contributed by atoms with E-state index < -0.39 is 0 Å². The van der Waals surface area contributed by atoms with Gasteiger partial charge >= 0.3 is 0 Å². The van der Waals surface area contributed by atoms with Gasteiger partial charge in [0.15, 0.2) is 11.6 Å². The zero-order chi connectivity index (χ0) is 18.4. The first kappa shape index (κ1) is 18.9. The van der Waals surface area contributed by atoms with Crippen molar-refractivity contribution in [3.05, 3.63) is 12.1 Å². The Morgan fingerprint density at radius 1 is 1.04 bits per heavy atom. The number of aromatic nitrogens is 2. The molecule has 0 radical (unpaired) electrons. The first-order valence-electron chi connectivity index (χ1n) is 10.2. The fourth-order valence-electron chi connectivity index (χ4n) is 3.78. The average molecular weight is 360 g/mol. The third kappa shape index (κ3) is 5.08. The average Bonchev–Trinajstić information content (AvgIpc) is 2.68. The Balaban J connectivity index is 1.46. The minimum Gasteiger partial charge on any atom is -0.356 e. The molecule has 0 unspecified atom stereocenters. The number of hydrogen-bond donors (Lipinski definition) is 1. The molecule has 3 rings (SSSR count). The number of hydrogen-bond acceptors (Lipinski definition) is 5. The lowest BCUT2D eigenvalue weighted by Crippen LogP contribution is -2.41. The first-order valence-corrected chi connectivity index (χ1v) is 10.2. The SMILES string of the molecule is CC(C)CCNC(=O)C1CCN(c2ccc(N3CCCCC3)nn2)CC1. The zero-order valence-corrected chi connectivity index (χ0v) is 16.3. The summed E-state index contributed by atoms with van der Waals surface area (Å²) >= 11 is 0. The summed E-state index contributed by atoms with van der Waals surface area (Å²) in [5.41, 5.74) is 0. The quantitative estimate of drug-likeness (QED) is 0.846. The summed E-state index contributed by atoms with van der Waals surface area (Å²) in [5, 5.41) is 12.0. The highest BCUT2D eigenvalue weighted by Crippen LogP contribution is 2.23. The van der Waals surface area contributed by atoms with E-state index in [-0.39, 0.29) is 11.8 Å². The van der Waals surface area contributed by atoms with E-state index in [2.05, 4.69) is 51.3 Å². The van der Waals surface area contributed by atoms with Crippen LogP contribution in [-0.4, -0.2) is 48.8 Å². The molecule has 144 valence electrons. The van der Waals surface area contributed by atoms with Crippen LogP contribution in [0, 0.1) is 11.8 Å². The monoisotopic (exact) mass is 359 g/mol. The third-order valence-electron chi connectivity index (χ3n) is 5.53. The van der Waals surface area contributed by atoms with Crippen LogP contribution in [0.2, 0.25) is 0 Å². The molecule has 0 spiro atoms. The predicted molar refractivity (Wildman–Crippen MR) is 105 cm³/mol. The summed E-state index contributed by atoms with van der Waals surface area (Å²) in [6.45, 7) is 9.08. The molecule has 0 bridgehead atoms. The van der Waals surface area contributed by atoms with Gasteiger partial charge in [-0.05, 0) is 56.6 Å². The van der Waals surface area contributed by atoms with Gasteiger partial charge in [-0.1, -0.05) is 13.8 Å². The molecule has 2 aliphatic heterocycles. The van der Waals surface area contributed by atoms with E-state index in [1.54, 1.807) is 0 Å². The fourth-order valence-corrected chi connectivity index (χ4v) is 3.78. The number of nitrogens with zero attached hydrogens (tertiary/aromatic N) is 4. The summed E-state index contributed by atoms with van der Waals surface area (Å²) in [4.78, 5) is 16.9. The number of rotatable bonds is 6. The molecular formula is C20H33N5O. The Morgan fingerprint density at radius 2 is 1.62 bits per heavy atom. The minimum absolute atomic E-state index is 0.138. The lowest BCUT2D eigenvalue weighted by molar-refractivity contribution is -0.125. The number of carbonyl (C=O) groups excluding carboxylic acids is 1. The molecule has 2 fully saturated rings. The smallest absolute Gasteiger partial charge is 0.223 e. The number of anilines is 2. The molecule has 1 N–H and O–H groups in total. The molecule has 1 aromatic heterocycles. The van der Waals surface area contributed by atoms with E-state index in [0.717, 1.165) is 63.6 Å². The normalized spacial score (nSPS) is 19.0. The standard InChI is InChI=1S/C20H33N5O/c1-16(2)8-11-21-20(26)17-9-14-25(15-10-17)19-7-6-18(22-23-19)24-12-4-3-5-13-24/h6-7,16-17H,3-5,8-15H2,1-2H3,(H,21,26). The fraction of sp³-hybridized carbons (Fsp3) is 0.750. The molecule has 6 heteroatoms. The van der Waals surface area contributed by atoms with Crippen molar-refractivity contribution in [1.82, 2.24) is 15.5 Å². The van der Waals surface area contributed by atoms with Gasteiger partial charge in [0.25, 0.3) is 0 Å². The van der Waals surface area contributed by atoms with E-state index in [4.69, 9.17) is 0 Å². The Kier molecular flexibility index (Phi) is 6.69. The Hall–Kier alpha value is -1.85. The second-order valence-electron chi connectivity index (χ2n) is 8.03. The van der Waals surface area contributed by atoms with Crippen molar-refractivity contribution in [3.63, 3.8) is 0 Å². The van der Waals surface area contributed by atoms with Gasteiger partial charge in [-0.25, -0.2) is 0 Å². The van der Waals surface area contributed by atoms with Crippen molar-refractivity contribution in [2.45, 2.75) is 52.4 Å². The number of amides is 1. The van der Waals surface area contributed by atoms with E-state index in [0.29, 0.717) is 5.92 Å². The highest BCUT2D eigenvalue weighted by atomic mass is 16.1. The second-order valence-corrected chi connectivity index (χ2v) is 8.03. The van der Waals surface area contributed by atoms with Gasteiger partial charge in [-0.15, -0.1) is 10.2 Å². The maximum atomic E-state index is 12.3. The van der Waals surface area contributed by atoms with Gasteiger partial charge in [0.2, 0.25) is 5.91 Å². The van der Waals surface area contributed by atoms with Crippen LogP contribution in [0.15, 0.2) is 12.1 Å². The van der Waals surface area contributed by atoms with Crippen molar-refractivity contribution in [1.29, 1.82) is 0 Å². The lowest BCUT2D eigenvalue weighted by Gasteiger charge is -2.32. The van der Waals surface area contributed by atoms with E-state index in [9.17, 15) is 4.79 Å². The molecule has 2 aliphatic rings. The van der Waals surface area contributed by atoms with Crippen LogP contribution in [0.5, 0.6) is 0 Å². The maximum absolute atomic E-state index is 12.3. The second kappa shape index (κ2) is 9.19. The highest BCUT2D eigenvalue weighted by Gasteiger charge is 2.25. The maximum Gasteiger partial charge on any atom is 0.223 e. The molecule has 6 nitrogen and oxygen atoms in total. The lowest BCUT2D eigenvalue weighted by atomic mass is 9.96. The van der Waals surface area contributed by atoms with Gasteiger partial charge in [0, 0.05) is 38.6 Å². The van der Waals surface area contributed by atoms with Gasteiger partial charge in [-0.3, -0.25) is 4.79 Å². The largest absolute Gasteiger partial charge is 0.356 e. The van der Waals surface area contributed by atoms with Crippen LogP contribution >= 0.6 is 0 Å². The minimum atomic E-state index is 0.138. The molecule has 26 heavy (non-hydrogen) atoms. The third-order valence-corrected chi connectivity index (χ3v) is 5.53. The Morgan fingerprint density at radius 3 is 2.15 bits per heavy atom. The van der Waals surface area contributed by atoms with Crippen LogP contribution in [0.1, 0.15) is 52.4 Å². The van der Waals surface area contributed by atoms with Gasteiger partial charge in [0.1, 0.15) is 0 Å². The molecular weight excluding hydrogens is 326 g/mol. The number of carbonyl (C=O) groups is 1. The molecule has 0 atom stereocenters. The Labute approximate surface area is 157 Å². The summed E-state index contributed by atoms with van der Waals surface area (Å²) in [6.07, 6.45) is 6.64. The molecule has 1 amide bonds. The molecule has 0 aliphatic carbocycles. The van der Waals surface area contributed by atoms with Crippen LogP contribution in [0.4, 0.5) is 11.6 Å². The van der Waals surface area contributed by atoms with Crippen LogP contribution in [0.25, 0.3) is 0 Å². The summed E-state index contributed by atoms with van der Waals surface area (Å²) < 4.78 is 0. The van der Waals surface area contributed by atoms with Crippen LogP contribution in [0.3, 0.4) is 0 Å². The van der Waals surface area contributed by atoms with E-state index >= 15 is 0 Å². The topological polar surface area (TPSA) is 61.4 Å². The van der Waals surface area contributed by atoms with Gasteiger partial charge in [0.05, 0.1) is 0 Å². The molecule has 3 heterocycles. The number of piperidine rings is 2. The van der Waals surface area contributed by atoms with Crippen molar-refractivity contribution in [2.24, 2.45) is 11.8 Å². The van der Waals surface area contributed by atoms with Crippen molar-refractivity contribution in [2.75, 3.05) is 42.5 Å². The molecule has 1 aromatic rings. The Bertz CT molecular complexity index is 560. The van der Waals surface area contributed by atoms with Crippen molar-refractivity contribution < 1.29 is 4.79 Å². The van der Waals surface area contributed by atoms with Crippen LogP contribution < -0.4 is 15.1 Å². The molecule has 0 aromatic carbocycles. The summed E-state index contributed by atoms with van der Waals surface area (Å²) in [7, 11) is 0. The van der Waals surface area contributed by atoms with Crippen molar-refractivity contribution in [3.8, 4) is 0 Å². The summed E-state index contributed by atoms with van der Waals surface area (Å²) in [6, 6.07) is 4.18. The summed E-state index contributed by atoms with van der Waals surface area (Å²) in [5.74, 6) is 2.91. The zero-order valence-electron chi connectivity index (χ0n) is 16.3. The molecule has 0 saturated carbocycles. The van der Waals surface area contributed by atoms with Crippen molar-refractivity contribution >= 4 is 17.5 Å². The first-order chi connectivity index (χ1) is 12.6. The van der Waals surface area contributed by atoms with E-state index in [1.165, 1.54) is 19.3 Å². The van der Waals surface area contributed by atoms with E-state index in [1.807, 2.05) is 0 Å². The predicted octanol–water partition coefficient (Wildman–Crippen LogP) is 2.85.